The van der Waals surface area contributed by atoms with E-state index in [1.54, 1.807) is 36.4 Å². The Labute approximate surface area is 222 Å². The first-order valence-corrected chi connectivity index (χ1v) is 12.0. The first-order valence-electron chi connectivity index (χ1n) is 11.6. The van der Waals surface area contributed by atoms with E-state index in [1.165, 1.54) is 0 Å². The normalized spacial score (nSPS) is 11.9. The largest absolute Gasteiger partial charge is 0.417 e. The van der Waals surface area contributed by atoms with Crippen LogP contribution in [0.3, 0.4) is 0 Å². The molecule has 0 aliphatic carbocycles. The summed E-state index contributed by atoms with van der Waals surface area (Å²) in [6.45, 7) is 1.93. The van der Waals surface area contributed by atoms with Crippen molar-refractivity contribution in [2.45, 2.75) is 19.1 Å². The standard InChI is InChI=1S/C29H23ClF3N3O2/c1-18(19-5-3-2-4-6-19)34-27(37)22-9-7-20(8-10-22)21-11-13-23(14-12-21)35-28(38)36-24-15-16-25(26(30)17-24)29(31,32)33/h2-18H,1H3,(H,34,37)(H2,35,36,38). The van der Waals surface area contributed by atoms with Gasteiger partial charge in [0.05, 0.1) is 16.6 Å². The highest BCUT2D eigenvalue weighted by Gasteiger charge is 2.33. The van der Waals surface area contributed by atoms with Crippen LogP contribution in [0.25, 0.3) is 11.1 Å². The van der Waals surface area contributed by atoms with Crippen molar-refractivity contribution in [2.75, 3.05) is 10.6 Å². The van der Waals surface area contributed by atoms with Crippen molar-refractivity contribution in [3.05, 3.63) is 119 Å². The predicted octanol–water partition coefficient (Wildman–Crippen LogP) is 8.16. The SMILES string of the molecule is CC(NC(=O)c1ccc(-c2ccc(NC(=O)Nc3ccc(C(F)(F)F)c(Cl)c3)cc2)cc1)c1ccccc1. The molecule has 1 atom stereocenters. The zero-order valence-corrected chi connectivity index (χ0v) is 20.9. The number of carbonyl (C=O) groups is 2. The minimum Gasteiger partial charge on any atom is -0.346 e. The Morgan fingerprint density at radius 2 is 1.32 bits per heavy atom. The van der Waals surface area contributed by atoms with Crippen LogP contribution in [0, 0.1) is 0 Å². The van der Waals surface area contributed by atoms with Crippen LogP contribution in [-0.4, -0.2) is 11.9 Å². The molecule has 0 aliphatic rings. The number of carbonyl (C=O) groups excluding carboxylic acids is 2. The van der Waals surface area contributed by atoms with Crippen LogP contribution in [0.2, 0.25) is 5.02 Å². The van der Waals surface area contributed by atoms with Gasteiger partial charge in [0.1, 0.15) is 0 Å². The van der Waals surface area contributed by atoms with Gasteiger partial charge in [0.2, 0.25) is 0 Å². The lowest BCUT2D eigenvalue weighted by Gasteiger charge is -2.14. The number of alkyl halides is 3. The van der Waals surface area contributed by atoms with Crippen LogP contribution >= 0.6 is 11.6 Å². The monoisotopic (exact) mass is 537 g/mol. The second kappa shape index (κ2) is 11.4. The summed E-state index contributed by atoms with van der Waals surface area (Å²) in [6.07, 6.45) is -4.58. The van der Waals surface area contributed by atoms with Crippen molar-refractivity contribution >= 4 is 34.9 Å². The second-order valence-electron chi connectivity index (χ2n) is 8.53. The molecule has 38 heavy (non-hydrogen) atoms. The average Bonchev–Trinajstić information content (AvgIpc) is 2.89. The summed E-state index contributed by atoms with van der Waals surface area (Å²) in [4.78, 5) is 24.9. The minimum absolute atomic E-state index is 0.124. The van der Waals surface area contributed by atoms with Gasteiger partial charge >= 0.3 is 12.2 Å². The van der Waals surface area contributed by atoms with E-state index in [4.69, 9.17) is 11.6 Å². The van der Waals surface area contributed by atoms with Crippen molar-refractivity contribution < 1.29 is 22.8 Å². The highest BCUT2D eigenvalue weighted by Crippen LogP contribution is 2.35. The number of anilines is 2. The fraction of sp³-hybridized carbons (Fsp3) is 0.103. The van der Waals surface area contributed by atoms with E-state index in [-0.39, 0.29) is 17.6 Å². The zero-order chi connectivity index (χ0) is 27.3. The molecule has 0 aromatic heterocycles. The van der Waals surface area contributed by atoms with Gasteiger partial charge in [-0.3, -0.25) is 4.79 Å². The Morgan fingerprint density at radius 1 is 0.763 bits per heavy atom. The van der Waals surface area contributed by atoms with Crippen LogP contribution in [0.1, 0.15) is 34.5 Å². The molecule has 0 bridgehead atoms. The van der Waals surface area contributed by atoms with E-state index in [2.05, 4.69) is 16.0 Å². The van der Waals surface area contributed by atoms with E-state index in [9.17, 15) is 22.8 Å². The van der Waals surface area contributed by atoms with Crippen molar-refractivity contribution in [1.82, 2.24) is 5.32 Å². The van der Waals surface area contributed by atoms with Crippen LogP contribution in [-0.2, 0) is 6.18 Å². The third-order valence-corrected chi connectivity index (χ3v) is 6.12. The molecule has 0 saturated heterocycles. The number of rotatable bonds is 6. The summed E-state index contributed by atoms with van der Waals surface area (Å²) < 4.78 is 38.5. The van der Waals surface area contributed by atoms with Crippen molar-refractivity contribution in [1.29, 1.82) is 0 Å². The maximum atomic E-state index is 12.8. The Kier molecular flexibility index (Phi) is 8.02. The highest BCUT2D eigenvalue weighted by molar-refractivity contribution is 6.31. The molecule has 3 amide bonds. The topological polar surface area (TPSA) is 70.2 Å². The van der Waals surface area contributed by atoms with Gasteiger partial charge < -0.3 is 16.0 Å². The quantitative estimate of drug-likeness (QED) is 0.232. The molecule has 0 heterocycles. The average molecular weight is 538 g/mol. The lowest BCUT2D eigenvalue weighted by molar-refractivity contribution is -0.137. The molecular weight excluding hydrogens is 515 g/mol. The highest BCUT2D eigenvalue weighted by atomic mass is 35.5. The number of nitrogens with one attached hydrogen (secondary N) is 3. The lowest BCUT2D eigenvalue weighted by atomic mass is 10.0. The molecule has 4 aromatic rings. The molecule has 194 valence electrons. The van der Waals surface area contributed by atoms with Crippen molar-refractivity contribution in [3.63, 3.8) is 0 Å². The molecule has 0 spiro atoms. The fourth-order valence-electron chi connectivity index (χ4n) is 3.78. The van der Waals surface area contributed by atoms with Gasteiger partial charge in [-0.1, -0.05) is 66.2 Å². The van der Waals surface area contributed by atoms with Gasteiger partial charge in [0.15, 0.2) is 0 Å². The van der Waals surface area contributed by atoms with Crippen LogP contribution in [0.4, 0.5) is 29.3 Å². The molecule has 9 heteroatoms. The van der Waals surface area contributed by atoms with E-state index in [1.807, 2.05) is 49.4 Å². The molecule has 3 N–H and O–H groups in total. The van der Waals surface area contributed by atoms with Gasteiger partial charge in [0.25, 0.3) is 5.91 Å². The number of hydrogen-bond acceptors (Lipinski definition) is 2. The van der Waals surface area contributed by atoms with Crippen molar-refractivity contribution in [2.24, 2.45) is 0 Å². The predicted molar refractivity (Wildman–Crippen MR) is 143 cm³/mol. The second-order valence-corrected chi connectivity index (χ2v) is 8.94. The molecule has 0 radical (unpaired) electrons. The van der Waals surface area contributed by atoms with Gasteiger partial charge in [-0.2, -0.15) is 13.2 Å². The van der Waals surface area contributed by atoms with E-state index in [0.29, 0.717) is 11.3 Å². The maximum absolute atomic E-state index is 12.8. The van der Waals surface area contributed by atoms with Gasteiger partial charge in [0, 0.05) is 16.9 Å². The summed E-state index contributed by atoms with van der Waals surface area (Å²) >= 11 is 5.69. The van der Waals surface area contributed by atoms with Crippen LogP contribution in [0.5, 0.6) is 0 Å². The molecule has 4 aromatic carbocycles. The fourth-order valence-corrected chi connectivity index (χ4v) is 4.07. The summed E-state index contributed by atoms with van der Waals surface area (Å²) in [7, 11) is 0. The molecule has 0 saturated carbocycles. The summed E-state index contributed by atoms with van der Waals surface area (Å²) in [5.41, 5.74) is 2.94. The minimum atomic E-state index is -4.58. The first kappa shape index (κ1) is 26.8. The first-order chi connectivity index (χ1) is 18.1. The lowest BCUT2D eigenvalue weighted by Crippen LogP contribution is -2.26. The van der Waals surface area contributed by atoms with Gasteiger partial charge in [-0.25, -0.2) is 4.79 Å². The van der Waals surface area contributed by atoms with E-state index < -0.39 is 22.8 Å². The van der Waals surface area contributed by atoms with E-state index in [0.717, 1.165) is 34.9 Å². The number of amides is 3. The Morgan fingerprint density at radius 3 is 1.89 bits per heavy atom. The smallest absolute Gasteiger partial charge is 0.346 e. The molecule has 1 unspecified atom stereocenters. The Bertz CT molecular complexity index is 1420. The molecule has 5 nitrogen and oxygen atoms in total. The van der Waals surface area contributed by atoms with Crippen LogP contribution in [0.15, 0.2) is 97.1 Å². The summed E-state index contributed by atoms with van der Waals surface area (Å²) in [5, 5.41) is 7.56. The number of urea groups is 1. The van der Waals surface area contributed by atoms with Crippen molar-refractivity contribution in [3.8, 4) is 11.1 Å². The molecular formula is C29H23ClF3N3O2. The molecule has 0 aliphatic heterocycles. The summed E-state index contributed by atoms with van der Waals surface area (Å²) in [6, 6.07) is 26.1. The number of hydrogen-bond donors (Lipinski definition) is 3. The summed E-state index contributed by atoms with van der Waals surface area (Å²) in [5.74, 6) is -0.173. The Hall–Kier alpha value is -4.30. The number of halogens is 4. The molecule has 4 rings (SSSR count). The van der Waals surface area contributed by atoms with Gasteiger partial charge in [-0.05, 0) is 66.1 Å². The Balaban J connectivity index is 1.34. The molecule has 0 fully saturated rings. The van der Waals surface area contributed by atoms with Crippen LogP contribution < -0.4 is 16.0 Å². The third kappa shape index (κ3) is 6.72. The van der Waals surface area contributed by atoms with Gasteiger partial charge in [-0.15, -0.1) is 0 Å². The third-order valence-electron chi connectivity index (χ3n) is 5.80. The maximum Gasteiger partial charge on any atom is 0.417 e. The number of benzene rings is 4. The zero-order valence-electron chi connectivity index (χ0n) is 20.1. The van der Waals surface area contributed by atoms with E-state index >= 15 is 0 Å².